The number of fused-ring (bicyclic) bond motifs is 1. The number of rotatable bonds is 5. The first-order valence-electron chi connectivity index (χ1n) is 6.79. The summed E-state index contributed by atoms with van der Waals surface area (Å²) in [6, 6.07) is 10.3. The largest absolute Gasteiger partial charge is 0.459 e. The first-order chi connectivity index (χ1) is 10.7. The highest BCUT2D eigenvalue weighted by Crippen LogP contribution is 2.07. The van der Waals surface area contributed by atoms with Crippen LogP contribution in [-0.2, 0) is 0 Å². The molecule has 0 saturated heterocycles. The van der Waals surface area contributed by atoms with Gasteiger partial charge in [-0.05, 0) is 24.3 Å². The van der Waals surface area contributed by atoms with E-state index in [1.165, 1.54) is 6.26 Å². The Morgan fingerprint density at radius 3 is 2.86 bits per heavy atom. The highest BCUT2D eigenvalue weighted by Gasteiger charge is 2.07. The highest BCUT2D eigenvalue weighted by atomic mass is 16.3. The molecule has 0 bridgehead atoms. The van der Waals surface area contributed by atoms with E-state index >= 15 is 0 Å². The number of furan rings is 1. The van der Waals surface area contributed by atoms with E-state index in [4.69, 9.17) is 4.42 Å². The normalized spacial score (nSPS) is 10.5. The minimum absolute atomic E-state index is 0.201. The fourth-order valence-corrected chi connectivity index (χ4v) is 2.02. The Morgan fingerprint density at radius 1 is 1.18 bits per heavy atom. The summed E-state index contributed by atoms with van der Waals surface area (Å²) >= 11 is 0. The van der Waals surface area contributed by atoms with Crippen LogP contribution in [0.2, 0.25) is 0 Å². The van der Waals surface area contributed by atoms with Crippen LogP contribution in [0, 0.1) is 0 Å². The predicted molar refractivity (Wildman–Crippen MR) is 81.9 cm³/mol. The lowest BCUT2D eigenvalue weighted by Crippen LogP contribution is -2.29. The lowest BCUT2D eigenvalue weighted by Gasteiger charge is -2.07. The molecule has 3 rings (SSSR count). The number of benzene rings is 1. The maximum Gasteiger partial charge on any atom is 0.287 e. The van der Waals surface area contributed by atoms with Gasteiger partial charge in [-0.15, -0.1) is 0 Å². The van der Waals surface area contributed by atoms with E-state index in [-0.39, 0.29) is 17.2 Å². The van der Waals surface area contributed by atoms with Crippen molar-refractivity contribution in [1.29, 1.82) is 0 Å². The maximum absolute atomic E-state index is 11.9. The van der Waals surface area contributed by atoms with E-state index in [1.807, 2.05) is 6.07 Å². The van der Waals surface area contributed by atoms with Crippen molar-refractivity contribution in [2.24, 2.45) is 0 Å². The summed E-state index contributed by atoms with van der Waals surface area (Å²) in [7, 11) is 0. The van der Waals surface area contributed by atoms with Crippen molar-refractivity contribution in [2.75, 3.05) is 18.4 Å². The van der Waals surface area contributed by atoms with Crippen LogP contribution in [0.4, 0.5) is 5.95 Å². The van der Waals surface area contributed by atoms with E-state index in [9.17, 15) is 9.59 Å². The van der Waals surface area contributed by atoms with Gasteiger partial charge in [0.05, 0.1) is 17.2 Å². The number of aromatic nitrogens is 2. The molecule has 0 aliphatic heterocycles. The Morgan fingerprint density at radius 2 is 2.05 bits per heavy atom. The molecule has 0 fully saturated rings. The SMILES string of the molecule is O=C(NCCNc1nc2ccccc2c(=O)[nH]1)c1ccco1. The lowest BCUT2D eigenvalue weighted by molar-refractivity contribution is 0.0927. The Kier molecular flexibility index (Phi) is 3.86. The minimum atomic E-state index is -0.285. The van der Waals surface area contributed by atoms with E-state index in [0.717, 1.165) is 0 Å². The molecule has 3 aromatic rings. The fourth-order valence-electron chi connectivity index (χ4n) is 2.02. The number of aromatic amines is 1. The molecule has 7 nitrogen and oxygen atoms in total. The Hall–Kier alpha value is -3.09. The molecule has 1 aromatic carbocycles. The average molecular weight is 298 g/mol. The molecular weight excluding hydrogens is 284 g/mol. The maximum atomic E-state index is 11.9. The van der Waals surface area contributed by atoms with Crippen molar-refractivity contribution in [2.45, 2.75) is 0 Å². The zero-order valence-electron chi connectivity index (χ0n) is 11.6. The number of hydrogen-bond donors (Lipinski definition) is 3. The van der Waals surface area contributed by atoms with Gasteiger partial charge in [0.1, 0.15) is 0 Å². The van der Waals surface area contributed by atoms with Crippen LogP contribution >= 0.6 is 0 Å². The molecule has 2 aromatic heterocycles. The third kappa shape index (κ3) is 2.98. The molecule has 0 spiro atoms. The third-order valence-corrected chi connectivity index (χ3v) is 3.06. The van der Waals surface area contributed by atoms with E-state index in [1.54, 1.807) is 30.3 Å². The van der Waals surface area contributed by atoms with Crippen molar-refractivity contribution in [1.82, 2.24) is 15.3 Å². The zero-order chi connectivity index (χ0) is 15.4. The molecule has 0 aliphatic rings. The topological polar surface area (TPSA) is 100 Å². The van der Waals surface area contributed by atoms with Gasteiger partial charge in [-0.3, -0.25) is 14.6 Å². The van der Waals surface area contributed by atoms with Crippen molar-refractivity contribution in [3.05, 3.63) is 58.8 Å². The van der Waals surface area contributed by atoms with Gasteiger partial charge < -0.3 is 15.1 Å². The molecule has 2 heterocycles. The molecule has 22 heavy (non-hydrogen) atoms. The zero-order valence-corrected chi connectivity index (χ0v) is 11.6. The number of anilines is 1. The standard InChI is InChI=1S/C15H14N4O3/c20-13-10-4-1-2-5-11(10)18-15(19-13)17-8-7-16-14(21)12-6-3-9-22-12/h1-6,9H,7-8H2,(H,16,21)(H2,17,18,19,20). The van der Waals surface area contributed by atoms with Crippen LogP contribution in [0.1, 0.15) is 10.6 Å². The van der Waals surface area contributed by atoms with E-state index in [0.29, 0.717) is 29.9 Å². The third-order valence-electron chi connectivity index (χ3n) is 3.06. The second kappa shape index (κ2) is 6.13. The molecule has 7 heteroatoms. The van der Waals surface area contributed by atoms with Gasteiger partial charge in [0.2, 0.25) is 5.95 Å². The molecule has 0 atom stereocenters. The molecule has 3 N–H and O–H groups in total. The molecule has 0 saturated carbocycles. The molecule has 1 amide bonds. The molecule has 0 radical (unpaired) electrons. The second-order valence-electron chi connectivity index (χ2n) is 4.59. The van der Waals surface area contributed by atoms with Crippen LogP contribution in [0.15, 0.2) is 51.9 Å². The summed E-state index contributed by atoms with van der Waals surface area (Å²) in [6.45, 7) is 0.795. The van der Waals surface area contributed by atoms with Crippen molar-refractivity contribution < 1.29 is 9.21 Å². The van der Waals surface area contributed by atoms with Gasteiger partial charge in [-0.2, -0.15) is 0 Å². The summed E-state index contributed by atoms with van der Waals surface area (Å²) < 4.78 is 4.98. The summed E-state index contributed by atoms with van der Waals surface area (Å²) in [4.78, 5) is 30.5. The van der Waals surface area contributed by atoms with Gasteiger partial charge in [0, 0.05) is 13.1 Å². The number of nitrogens with one attached hydrogen (secondary N) is 3. The first kappa shape index (κ1) is 13.9. The molecule has 0 aliphatic carbocycles. The number of H-pyrrole nitrogens is 1. The number of amides is 1. The Balaban J connectivity index is 1.58. The molecule has 112 valence electrons. The number of carbonyl (C=O) groups is 1. The lowest BCUT2D eigenvalue weighted by atomic mass is 10.2. The molecule has 0 unspecified atom stereocenters. The summed E-state index contributed by atoms with van der Waals surface area (Å²) in [5, 5.41) is 6.20. The van der Waals surface area contributed by atoms with E-state index in [2.05, 4.69) is 20.6 Å². The van der Waals surface area contributed by atoms with Crippen molar-refractivity contribution in [3.63, 3.8) is 0 Å². The van der Waals surface area contributed by atoms with Crippen LogP contribution < -0.4 is 16.2 Å². The summed E-state index contributed by atoms with van der Waals surface area (Å²) in [6.07, 6.45) is 1.44. The number of hydrogen-bond acceptors (Lipinski definition) is 5. The summed E-state index contributed by atoms with van der Waals surface area (Å²) in [5.41, 5.74) is 0.418. The van der Waals surface area contributed by atoms with Crippen molar-refractivity contribution >= 4 is 22.8 Å². The summed E-state index contributed by atoms with van der Waals surface area (Å²) in [5.74, 6) is 0.347. The van der Waals surface area contributed by atoms with Gasteiger partial charge in [0.15, 0.2) is 5.76 Å². The minimum Gasteiger partial charge on any atom is -0.459 e. The van der Waals surface area contributed by atoms with Crippen LogP contribution in [0.5, 0.6) is 0 Å². The fraction of sp³-hybridized carbons (Fsp3) is 0.133. The van der Waals surface area contributed by atoms with Crippen molar-refractivity contribution in [3.8, 4) is 0 Å². The van der Waals surface area contributed by atoms with Gasteiger partial charge in [0.25, 0.3) is 11.5 Å². The average Bonchev–Trinajstić information content (AvgIpc) is 3.06. The first-order valence-corrected chi connectivity index (χ1v) is 6.79. The Bertz CT molecular complexity index is 839. The Labute approximate surface area is 125 Å². The van der Waals surface area contributed by atoms with Crippen LogP contribution in [0.25, 0.3) is 10.9 Å². The van der Waals surface area contributed by atoms with Gasteiger partial charge in [-0.25, -0.2) is 4.98 Å². The van der Waals surface area contributed by atoms with Gasteiger partial charge >= 0.3 is 0 Å². The predicted octanol–water partition coefficient (Wildman–Crippen LogP) is 1.36. The quantitative estimate of drug-likeness (QED) is 0.617. The van der Waals surface area contributed by atoms with E-state index < -0.39 is 0 Å². The van der Waals surface area contributed by atoms with Crippen LogP contribution in [-0.4, -0.2) is 29.0 Å². The van der Waals surface area contributed by atoms with Gasteiger partial charge in [-0.1, -0.05) is 12.1 Å². The smallest absolute Gasteiger partial charge is 0.287 e. The number of carbonyl (C=O) groups excluding carboxylic acids is 1. The van der Waals surface area contributed by atoms with Crippen LogP contribution in [0.3, 0.4) is 0 Å². The number of nitrogens with zero attached hydrogens (tertiary/aromatic N) is 1. The number of para-hydroxylation sites is 1. The molecular formula is C15H14N4O3. The second-order valence-corrected chi connectivity index (χ2v) is 4.59. The monoisotopic (exact) mass is 298 g/mol. The highest BCUT2D eigenvalue weighted by molar-refractivity contribution is 5.91.